The molecule has 6 nitrogen and oxygen atoms in total. The lowest BCUT2D eigenvalue weighted by molar-refractivity contribution is -0.142. The topological polar surface area (TPSA) is 57.2 Å². The first-order chi connectivity index (χ1) is 12.2. The van der Waals surface area contributed by atoms with Gasteiger partial charge >= 0.3 is 0 Å². The number of nitrogens with zero attached hydrogens (tertiary/aromatic N) is 3. The molecular weight excluding hydrogens is 463 g/mol. The zero-order chi connectivity index (χ0) is 17.6. The van der Waals surface area contributed by atoms with Crippen LogP contribution in [0.3, 0.4) is 0 Å². The fraction of sp³-hybridized carbons (Fsp3) is 0.667. The Labute approximate surface area is 177 Å². The zero-order valence-corrected chi connectivity index (χ0v) is 18.7. The van der Waals surface area contributed by atoms with E-state index in [1.54, 1.807) is 11.3 Å². The van der Waals surface area contributed by atoms with Gasteiger partial charge in [-0.05, 0) is 24.3 Å². The molecule has 1 N–H and O–H groups in total. The molecule has 0 aromatic carbocycles. The van der Waals surface area contributed by atoms with E-state index in [1.165, 1.54) is 4.88 Å². The van der Waals surface area contributed by atoms with Crippen molar-refractivity contribution in [3.8, 4) is 0 Å². The molecule has 3 heterocycles. The van der Waals surface area contributed by atoms with Crippen LogP contribution in [0.15, 0.2) is 22.5 Å². The van der Waals surface area contributed by atoms with Gasteiger partial charge in [0.1, 0.15) is 6.10 Å². The summed E-state index contributed by atoms with van der Waals surface area (Å²) < 4.78 is 5.52. The van der Waals surface area contributed by atoms with E-state index in [-0.39, 0.29) is 36.0 Å². The first-order valence-corrected chi connectivity index (χ1v) is 9.96. The predicted octanol–water partition coefficient (Wildman–Crippen LogP) is 2.37. The fourth-order valence-corrected chi connectivity index (χ4v) is 4.15. The van der Waals surface area contributed by atoms with Gasteiger partial charge in [-0.3, -0.25) is 9.79 Å². The molecule has 0 bridgehead atoms. The van der Waals surface area contributed by atoms with E-state index in [1.807, 2.05) is 11.9 Å². The Morgan fingerprint density at radius 1 is 1.38 bits per heavy atom. The summed E-state index contributed by atoms with van der Waals surface area (Å²) >= 11 is 1.79. The first-order valence-electron chi connectivity index (χ1n) is 9.08. The monoisotopic (exact) mass is 492 g/mol. The number of carbonyl (C=O) groups excluding carboxylic acids is 1. The number of hydrogen-bond acceptors (Lipinski definition) is 4. The largest absolute Gasteiger partial charge is 0.368 e. The summed E-state index contributed by atoms with van der Waals surface area (Å²) in [6.07, 6.45) is 1.65. The molecule has 26 heavy (non-hydrogen) atoms. The summed E-state index contributed by atoms with van der Waals surface area (Å²) in [4.78, 5) is 22.4. The van der Waals surface area contributed by atoms with E-state index < -0.39 is 0 Å². The minimum atomic E-state index is -0.212. The summed E-state index contributed by atoms with van der Waals surface area (Å²) in [5.41, 5.74) is 0. The third-order valence-corrected chi connectivity index (χ3v) is 6.01. The lowest BCUT2D eigenvalue weighted by atomic mass is 10.1. The van der Waals surface area contributed by atoms with Crippen LogP contribution in [0, 0.1) is 0 Å². The van der Waals surface area contributed by atoms with Crippen molar-refractivity contribution in [1.82, 2.24) is 15.1 Å². The highest BCUT2D eigenvalue weighted by Gasteiger charge is 2.30. The normalized spacial score (nSPS) is 22.1. The maximum Gasteiger partial charge on any atom is 0.251 e. The first kappa shape index (κ1) is 21.4. The van der Waals surface area contributed by atoms with Crippen LogP contribution in [0.5, 0.6) is 0 Å². The van der Waals surface area contributed by atoms with Gasteiger partial charge in [-0.2, -0.15) is 0 Å². The van der Waals surface area contributed by atoms with Crippen molar-refractivity contribution in [3.05, 3.63) is 22.4 Å². The van der Waals surface area contributed by atoms with Crippen molar-refractivity contribution in [1.29, 1.82) is 0 Å². The second-order valence-corrected chi connectivity index (χ2v) is 7.64. The van der Waals surface area contributed by atoms with Crippen LogP contribution in [-0.2, 0) is 9.53 Å². The number of ether oxygens (including phenoxy) is 1. The van der Waals surface area contributed by atoms with Crippen LogP contribution in [0.25, 0.3) is 0 Å². The van der Waals surface area contributed by atoms with Crippen LogP contribution in [0.1, 0.15) is 30.6 Å². The molecule has 2 unspecified atom stereocenters. The van der Waals surface area contributed by atoms with Crippen LogP contribution in [0.4, 0.5) is 0 Å². The molecule has 8 heteroatoms. The van der Waals surface area contributed by atoms with Gasteiger partial charge in [-0.1, -0.05) is 13.0 Å². The number of carbonyl (C=O) groups is 1. The molecule has 3 rings (SSSR count). The molecule has 1 aromatic rings. The Morgan fingerprint density at radius 2 is 2.12 bits per heavy atom. The molecule has 0 spiro atoms. The minimum Gasteiger partial charge on any atom is -0.368 e. The van der Waals surface area contributed by atoms with Crippen LogP contribution in [0.2, 0.25) is 0 Å². The smallest absolute Gasteiger partial charge is 0.251 e. The zero-order valence-electron chi connectivity index (χ0n) is 15.5. The van der Waals surface area contributed by atoms with Gasteiger partial charge in [0.25, 0.3) is 5.91 Å². The summed E-state index contributed by atoms with van der Waals surface area (Å²) in [5, 5.41) is 5.60. The van der Waals surface area contributed by atoms with Gasteiger partial charge < -0.3 is 19.9 Å². The van der Waals surface area contributed by atoms with Crippen molar-refractivity contribution in [2.75, 3.05) is 46.4 Å². The van der Waals surface area contributed by atoms with Crippen molar-refractivity contribution >= 4 is 47.2 Å². The van der Waals surface area contributed by atoms with E-state index in [4.69, 9.17) is 4.74 Å². The number of thiophene rings is 1. The van der Waals surface area contributed by atoms with Gasteiger partial charge in [-0.15, -0.1) is 35.3 Å². The third-order valence-electron chi connectivity index (χ3n) is 4.90. The van der Waals surface area contributed by atoms with E-state index in [0.717, 1.165) is 58.1 Å². The van der Waals surface area contributed by atoms with E-state index >= 15 is 0 Å². The van der Waals surface area contributed by atoms with Crippen molar-refractivity contribution < 1.29 is 9.53 Å². The van der Waals surface area contributed by atoms with Gasteiger partial charge in [-0.25, -0.2) is 0 Å². The lowest BCUT2D eigenvalue weighted by Gasteiger charge is -2.37. The number of nitrogens with one attached hydrogen (secondary N) is 1. The number of guanidine groups is 1. The maximum atomic E-state index is 12.4. The van der Waals surface area contributed by atoms with Gasteiger partial charge in [0, 0.05) is 57.2 Å². The minimum absolute atomic E-state index is 0. The van der Waals surface area contributed by atoms with E-state index in [2.05, 4.69) is 39.6 Å². The Hall–Kier alpha value is -0.870. The third kappa shape index (κ3) is 5.32. The quantitative estimate of drug-likeness (QED) is 0.399. The molecule has 0 aliphatic carbocycles. The Balaban J connectivity index is 0.00000243. The molecular formula is C18H29IN4O2S. The lowest BCUT2D eigenvalue weighted by Crippen LogP contribution is -2.55. The summed E-state index contributed by atoms with van der Waals surface area (Å²) in [6.45, 7) is 6.90. The predicted molar refractivity (Wildman–Crippen MR) is 117 cm³/mol. The second kappa shape index (κ2) is 10.5. The van der Waals surface area contributed by atoms with Crippen molar-refractivity contribution in [2.45, 2.75) is 31.8 Å². The molecule has 2 aliphatic heterocycles. The summed E-state index contributed by atoms with van der Waals surface area (Å²) in [5.74, 6) is 1.54. The molecule has 0 radical (unpaired) electrons. The number of aliphatic imine (C=N–C) groups is 1. The molecule has 146 valence electrons. The SMILES string of the molecule is CN=C(NCC(C)c1cccs1)N1CCN(C(=O)C2CCCO2)CC1.I. The Bertz CT molecular complexity index is 582. The van der Waals surface area contributed by atoms with Crippen molar-refractivity contribution in [3.63, 3.8) is 0 Å². The summed E-state index contributed by atoms with van der Waals surface area (Å²) in [6, 6.07) is 4.27. The second-order valence-electron chi connectivity index (χ2n) is 6.66. The highest BCUT2D eigenvalue weighted by Crippen LogP contribution is 2.20. The Morgan fingerprint density at radius 3 is 2.69 bits per heavy atom. The van der Waals surface area contributed by atoms with Crippen molar-refractivity contribution in [2.24, 2.45) is 4.99 Å². The molecule has 1 aromatic heterocycles. The van der Waals surface area contributed by atoms with Crippen LogP contribution >= 0.6 is 35.3 Å². The maximum absolute atomic E-state index is 12.4. The average Bonchev–Trinajstić information content (AvgIpc) is 3.35. The fourth-order valence-electron chi connectivity index (χ4n) is 3.36. The molecule has 2 aliphatic rings. The van der Waals surface area contributed by atoms with Gasteiger partial charge in [0.15, 0.2) is 5.96 Å². The van der Waals surface area contributed by atoms with Gasteiger partial charge in [0.2, 0.25) is 0 Å². The number of halogens is 1. The molecule has 1 amide bonds. The highest BCUT2D eigenvalue weighted by molar-refractivity contribution is 14.0. The highest BCUT2D eigenvalue weighted by atomic mass is 127. The van der Waals surface area contributed by atoms with Crippen LogP contribution < -0.4 is 5.32 Å². The molecule has 2 atom stereocenters. The average molecular weight is 492 g/mol. The standard InChI is InChI=1S/C18H28N4O2S.HI/c1-14(16-6-4-12-25-16)13-20-18(19-2)22-9-7-21(8-10-22)17(23)15-5-3-11-24-15;/h4,6,12,14-15H,3,5,7-11,13H2,1-2H3,(H,19,20);1H. The van der Waals surface area contributed by atoms with Crippen LogP contribution in [-0.4, -0.2) is 74.1 Å². The number of hydrogen-bond donors (Lipinski definition) is 1. The number of piperazine rings is 1. The Kier molecular flexibility index (Phi) is 8.62. The van der Waals surface area contributed by atoms with E-state index in [0.29, 0.717) is 5.92 Å². The molecule has 2 fully saturated rings. The molecule has 2 saturated heterocycles. The summed E-state index contributed by atoms with van der Waals surface area (Å²) in [7, 11) is 1.82. The number of amides is 1. The van der Waals surface area contributed by atoms with Gasteiger partial charge in [0.05, 0.1) is 0 Å². The van der Waals surface area contributed by atoms with E-state index in [9.17, 15) is 4.79 Å². The number of rotatable bonds is 4. The molecule has 0 saturated carbocycles.